The molecule has 31 heavy (non-hydrogen) atoms. The van der Waals surface area contributed by atoms with Crippen LogP contribution in [0.25, 0.3) is 5.69 Å². The molecule has 8 heteroatoms. The molecule has 1 aliphatic rings. The van der Waals surface area contributed by atoms with Crippen LogP contribution in [-0.4, -0.2) is 42.1 Å². The van der Waals surface area contributed by atoms with Crippen LogP contribution >= 0.6 is 11.8 Å². The number of benzene rings is 2. The van der Waals surface area contributed by atoms with Crippen LogP contribution < -0.4 is 15.6 Å². The van der Waals surface area contributed by atoms with Crippen molar-refractivity contribution in [2.75, 3.05) is 20.3 Å². The average molecular weight is 438 g/mol. The summed E-state index contributed by atoms with van der Waals surface area (Å²) in [5, 5.41) is 8.04. The number of carbonyl (C=O) groups excluding carboxylic acids is 1. The third-order valence-electron chi connectivity index (χ3n) is 4.95. The van der Waals surface area contributed by atoms with Gasteiger partial charge >= 0.3 is 0 Å². The van der Waals surface area contributed by atoms with E-state index in [1.807, 2.05) is 24.3 Å². The van der Waals surface area contributed by atoms with Crippen molar-refractivity contribution in [3.8, 4) is 11.4 Å². The van der Waals surface area contributed by atoms with Gasteiger partial charge in [0.15, 0.2) is 0 Å². The maximum atomic E-state index is 12.4. The average Bonchev–Trinajstić information content (AvgIpc) is 3.33. The molecule has 1 N–H and O–H groups in total. The molecule has 2 heterocycles. The van der Waals surface area contributed by atoms with Gasteiger partial charge in [0.25, 0.3) is 11.5 Å². The highest BCUT2D eigenvalue weighted by Gasteiger charge is 2.16. The van der Waals surface area contributed by atoms with E-state index >= 15 is 0 Å². The van der Waals surface area contributed by atoms with E-state index < -0.39 is 0 Å². The first-order chi connectivity index (χ1) is 15.1. The number of nitrogens with zero attached hydrogens (tertiary/aromatic N) is 2. The van der Waals surface area contributed by atoms with Gasteiger partial charge < -0.3 is 14.8 Å². The monoisotopic (exact) mass is 437 g/mol. The van der Waals surface area contributed by atoms with Gasteiger partial charge in [0.05, 0.1) is 18.9 Å². The van der Waals surface area contributed by atoms with Crippen LogP contribution in [-0.2, 0) is 4.74 Å². The highest BCUT2D eigenvalue weighted by Crippen LogP contribution is 2.27. The molecule has 4 rings (SSSR count). The number of amides is 1. The van der Waals surface area contributed by atoms with Crippen molar-refractivity contribution >= 4 is 17.7 Å². The second kappa shape index (κ2) is 9.80. The molecule has 1 atom stereocenters. The first-order valence-electron chi connectivity index (χ1n) is 10.0. The molecular formula is C23H23N3O4S. The Balaban J connectivity index is 1.46. The Labute approximate surface area is 184 Å². The summed E-state index contributed by atoms with van der Waals surface area (Å²) in [6, 6.07) is 17.6. The van der Waals surface area contributed by atoms with Crippen molar-refractivity contribution in [3.05, 3.63) is 76.6 Å². The SMILES string of the molecule is COc1ccc(Sc2ccc(=O)n(-c3ccc(C(=O)NCC4CCCO4)cc3)n2)cc1. The number of aromatic nitrogens is 2. The Morgan fingerprint density at radius 2 is 1.94 bits per heavy atom. The van der Waals surface area contributed by atoms with Gasteiger partial charge in [-0.15, -0.1) is 0 Å². The first-order valence-corrected chi connectivity index (χ1v) is 10.9. The minimum absolute atomic E-state index is 0.0944. The van der Waals surface area contributed by atoms with Gasteiger partial charge in [-0.25, -0.2) is 0 Å². The summed E-state index contributed by atoms with van der Waals surface area (Å²) >= 11 is 1.45. The standard InChI is InChI=1S/C23H23N3O4S/c1-29-18-8-10-20(11-9-18)31-21-12-13-22(27)26(25-21)17-6-4-16(5-7-17)23(28)24-15-19-3-2-14-30-19/h4-13,19H,2-3,14-15H2,1H3,(H,24,28). The minimum atomic E-state index is -0.241. The van der Waals surface area contributed by atoms with Gasteiger partial charge in [0.1, 0.15) is 10.8 Å². The van der Waals surface area contributed by atoms with Crippen molar-refractivity contribution < 1.29 is 14.3 Å². The molecule has 7 nitrogen and oxygen atoms in total. The summed E-state index contributed by atoms with van der Waals surface area (Å²) in [7, 11) is 1.62. The predicted molar refractivity (Wildman–Crippen MR) is 118 cm³/mol. The highest BCUT2D eigenvalue weighted by molar-refractivity contribution is 7.99. The third kappa shape index (κ3) is 5.34. The molecule has 1 unspecified atom stereocenters. The number of rotatable bonds is 7. The van der Waals surface area contributed by atoms with E-state index in [0.717, 1.165) is 30.1 Å². The smallest absolute Gasteiger partial charge is 0.271 e. The van der Waals surface area contributed by atoms with E-state index in [9.17, 15) is 9.59 Å². The number of methoxy groups -OCH3 is 1. The molecule has 0 radical (unpaired) electrons. The van der Waals surface area contributed by atoms with Gasteiger partial charge in [-0.3, -0.25) is 9.59 Å². The molecule has 3 aromatic rings. The van der Waals surface area contributed by atoms with Crippen LogP contribution in [0.4, 0.5) is 0 Å². The summed E-state index contributed by atoms with van der Waals surface area (Å²) in [5.74, 6) is 0.619. The minimum Gasteiger partial charge on any atom is -0.497 e. The van der Waals surface area contributed by atoms with Crippen LogP contribution in [0.15, 0.2) is 75.4 Å². The molecular weight excluding hydrogens is 414 g/mol. The van der Waals surface area contributed by atoms with Crippen LogP contribution in [0.2, 0.25) is 0 Å². The Hall–Kier alpha value is -3.10. The number of carbonyl (C=O) groups is 1. The molecule has 1 aliphatic heterocycles. The highest BCUT2D eigenvalue weighted by atomic mass is 32.2. The predicted octanol–water partition coefficient (Wildman–Crippen LogP) is 3.30. The van der Waals surface area contributed by atoms with Crippen molar-refractivity contribution in [2.45, 2.75) is 28.9 Å². The number of hydrogen-bond acceptors (Lipinski definition) is 6. The molecule has 0 spiro atoms. The van der Waals surface area contributed by atoms with Gasteiger partial charge in [-0.1, -0.05) is 11.8 Å². The molecule has 1 saturated heterocycles. The van der Waals surface area contributed by atoms with Gasteiger partial charge in [-0.05, 0) is 67.4 Å². The molecule has 1 amide bonds. The summed E-state index contributed by atoms with van der Waals surface area (Å²) in [5.41, 5.74) is 0.881. The van der Waals surface area contributed by atoms with Crippen molar-refractivity contribution in [3.63, 3.8) is 0 Å². The molecule has 0 aliphatic carbocycles. The zero-order valence-electron chi connectivity index (χ0n) is 17.1. The molecule has 0 saturated carbocycles. The molecule has 0 bridgehead atoms. The van der Waals surface area contributed by atoms with Gasteiger partial charge in [0.2, 0.25) is 0 Å². The first kappa shape index (κ1) is 21.1. The van der Waals surface area contributed by atoms with Crippen molar-refractivity contribution in [2.24, 2.45) is 0 Å². The van der Waals surface area contributed by atoms with E-state index in [0.29, 0.717) is 22.8 Å². The van der Waals surface area contributed by atoms with Crippen LogP contribution in [0.5, 0.6) is 5.75 Å². The third-order valence-corrected chi connectivity index (χ3v) is 5.88. The quantitative estimate of drug-likeness (QED) is 0.611. The second-order valence-electron chi connectivity index (χ2n) is 7.09. The summed E-state index contributed by atoms with van der Waals surface area (Å²) in [6.07, 6.45) is 2.10. The maximum absolute atomic E-state index is 12.4. The zero-order valence-corrected chi connectivity index (χ0v) is 17.9. The lowest BCUT2D eigenvalue weighted by atomic mass is 10.2. The number of nitrogens with one attached hydrogen (secondary N) is 1. The van der Waals surface area contributed by atoms with E-state index in [2.05, 4.69) is 10.4 Å². The fraction of sp³-hybridized carbons (Fsp3) is 0.261. The lowest BCUT2D eigenvalue weighted by Crippen LogP contribution is -2.31. The second-order valence-corrected chi connectivity index (χ2v) is 8.18. The number of ether oxygens (including phenoxy) is 2. The van der Waals surface area contributed by atoms with Crippen molar-refractivity contribution in [1.29, 1.82) is 0 Å². The van der Waals surface area contributed by atoms with Crippen LogP contribution in [0.3, 0.4) is 0 Å². The Morgan fingerprint density at radius 3 is 2.61 bits per heavy atom. The van der Waals surface area contributed by atoms with Gasteiger partial charge in [0, 0.05) is 29.7 Å². The zero-order chi connectivity index (χ0) is 21.6. The lowest BCUT2D eigenvalue weighted by Gasteiger charge is -2.11. The van der Waals surface area contributed by atoms with Crippen LogP contribution in [0, 0.1) is 0 Å². The Bertz CT molecular complexity index is 1090. The van der Waals surface area contributed by atoms with Gasteiger partial charge in [-0.2, -0.15) is 9.78 Å². The van der Waals surface area contributed by atoms with E-state index in [4.69, 9.17) is 9.47 Å². The summed E-state index contributed by atoms with van der Waals surface area (Å²) in [6.45, 7) is 1.26. The van der Waals surface area contributed by atoms with E-state index in [1.165, 1.54) is 22.5 Å². The summed E-state index contributed by atoms with van der Waals surface area (Å²) in [4.78, 5) is 25.7. The fourth-order valence-corrected chi connectivity index (χ4v) is 4.04. The van der Waals surface area contributed by atoms with Crippen LogP contribution in [0.1, 0.15) is 23.2 Å². The molecule has 1 aromatic heterocycles. The topological polar surface area (TPSA) is 82.5 Å². The number of hydrogen-bond donors (Lipinski definition) is 1. The molecule has 160 valence electrons. The van der Waals surface area contributed by atoms with E-state index in [-0.39, 0.29) is 17.6 Å². The largest absolute Gasteiger partial charge is 0.497 e. The summed E-state index contributed by atoms with van der Waals surface area (Å²) < 4.78 is 12.0. The van der Waals surface area contributed by atoms with E-state index in [1.54, 1.807) is 37.4 Å². The lowest BCUT2D eigenvalue weighted by molar-refractivity contribution is 0.0858. The Morgan fingerprint density at radius 1 is 1.16 bits per heavy atom. The molecule has 1 fully saturated rings. The fourth-order valence-electron chi connectivity index (χ4n) is 3.27. The Kier molecular flexibility index (Phi) is 6.69. The molecule has 2 aromatic carbocycles. The normalized spacial score (nSPS) is 15.6. The van der Waals surface area contributed by atoms with Crippen molar-refractivity contribution in [1.82, 2.24) is 15.1 Å². The maximum Gasteiger partial charge on any atom is 0.271 e.